The first-order valence-corrected chi connectivity index (χ1v) is 10.6. The van der Waals surface area contributed by atoms with Crippen LogP contribution < -0.4 is 14.2 Å². The summed E-state index contributed by atoms with van der Waals surface area (Å²) in [4.78, 5) is 16.7. The summed E-state index contributed by atoms with van der Waals surface area (Å²) in [6.07, 6.45) is 0.264. The minimum Gasteiger partial charge on any atom is -0.481 e. The van der Waals surface area contributed by atoms with Gasteiger partial charge in [-0.2, -0.15) is 0 Å². The monoisotopic (exact) mass is 407 g/mol. The Balaban J connectivity index is 1.40. The number of rotatable bonds is 4. The van der Waals surface area contributed by atoms with Gasteiger partial charge in [0.25, 0.3) is 5.91 Å². The molecule has 2 aliphatic rings. The van der Waals surface area contributed by atoms with E-state index < -0.39 is 6.10 Å². The second-order valence-corrected chi connectivity index (χ2v) is 8.17. The molecule has 3 heterocycles. The fourth-order valence-corrected chi connectivity index (χ4v) is 4.89. The number of carbonyl (C=O) groups excluding carboxylic acids is 1. The zero-order chi connectivity index (χ0) is 19.8. The third kappa shape index (κ3) is 3.34. The van der Waals surface area contributed by atoms with E-state index in [0.717, 1.165) is 12.0 Å². The molecule has 5 rings (SSSR count). The number of ether oxygens (including phenoxy) is 3. The Morgan fingerprint density at radius 3 is 2.83 bits per heavy atom. The fraction of sp³-hybridized carbons (Fsp3) is 0.261. The molecule has 2 atom stereocenters. The smallest absolute Gasteiger partial charge is 0.264 e. The molecule has 0 fully saturated rings. The molecule has 6 heteroatoms. The molecule has 2 aliphatic heterocycles. The van der Waals surface area contributed by atoms with Gasteiger partial charge < -0.3 is 19.1 Å². The summed E-state index contributed by atoms with van der Waals surface area (Å²) in [5.74, 6) is 1.92. The summed E-state index contributed by atoms with van der Waals surface area (Å²) in [5.41, 5.74) is 2.34. The van der Waals surface area contributed by atoms with Gasteiger partial charge in [0, 0.05) is 17.5 Å². The maximum Gasteiger partial charge on any atom is 0.264 e. The Morgan fingerprint density at radius 1 is 1.14 bits per heavy atom. The highest BCUT2D eigenvalue weighted by molar-refractivity contribution is 7.10. The molecule has 0 spiro atoms. The van der Waals surface area contributed by atoms with Gasteiger partial charge in [-0.3, -0.25) is 4.79 Å². The molecule has 0 saturated carbocycles. The maximum absolute atomic E-state index is 13.4. The van der Waals surface area contributed by atoms with Gasteiger partial charge in [0.2, 0.25) is 6.79 Å². The Morgan fingerprint density at radius 2 is 1.97 bits per heavy atom. The van der Waals surface area contributed by atoms with Crippen molar-refractivity contribution < 1.29 is 19.0 Å². The number of nitrogens with zero attached hydrogens (tertiary/aromatic N) is 1. The van der Waals surface area contributed by atoms with Crippen LogP contribution in [0.25, 0.3) is 0 Å². The van der Waals surface area contributed by atoms with Crippen LogP contribution in [-0.4, -0.2) is 30.2 Å². The van der Waals surface area contributed by atoms with Crippen molar-refractivity contribution in [1.29, 1.82) is 0 Å². The van der Waals surface area contributed by atoms with Crippen LogP contribution in [0.4, 0.5) is 0 Å². The Kier molecular flexibility index (Phi) is 4.64. The average molecular weight is 407 g/mol. The number of amides is 1. The SMILES string of the molecule is C[C@H](Oc1ccc2c(c1)OCO2)C(=O)N1CCc2sccc2[C@@H]1c1ccccc1. The summed E-state index contributed by atoms with van der Waals surface area (Å²) in [7, 11) is 0. The largest absolute Gasteiger partial charge is 0.481 e. The molecule has 0 radical (unpaired) electrons. The third-order valence-corrected chi connectivity index (χ3v) is 6.37. The standard InChI is InChI=1S/C23H21NO4S/c1-15(28-17-7-8-19-20(13-17)27-14-26-19)23(25)24-11-9-21-18(10-12-29-21)22(24)16-5-3-2-4-6-16/h2-8,10,12-13,15,22H,9,11,14H2,1H3/t15-,22-/m0/s1. The highest BCUT2D eigenvalue weighted by Gasteiger charge is 2.35. The topological polar surface area (TPSA) is 48.0 Å². The normalized spacial score (nSPS) is 18.2. The van der Waals surface area contributed by atoms with Crippen LogP contribution in [0.3, 0.4) is 0 Å². The number of hydrogen-bond donors (Lipinski definition) is 0. The van der Waals surface area contributed by atoms with Gasteiger partial charge >= 0.3 is 0 Å². The highest BCUT2D eigenvalue weighted by atomic mass is 32.1. The van der Waals surface area contributed by atoms with Crippen LogP contribution in [0.15, 0.2) is 60.0 Å². The molecular weight excluding hydrogens is 386 g/mol. The van der Waals surface area contributed by atoms with Crippen molar-refractivity contribution in [2.75, 3.05) is 13.3 Å². The van der Waals surface area contributed by atoms with Crippen LogP contribution in [0, 0.1) is 0 Å². The van der Waals surface area contributed by atoms with Crippen LogP contribution in [-0.2, 0) is 11.2 Å². The molecule has 0 bridgehead atoms. The van der Waals surface area contributed by atoms with Gasteiger partial charge in [0.1, 0.15) is 5.75 Å². The lowest BCUT2D eigenvalue weighted by Gasteiger charge is -2.37. The summed E-state index contributed by atoms with van der Waals surface area (Å²) in [6, 6.07) is 17.6. The van der Waals surface area contributed by atoms with Crippen molar-refractivity contribution in [3.63, 3.8) is 0 Å². The zero-order valence-electron chi connectivity index (χ0n) is 16.0. The molecule has 3 aromatic rings. The first-order chi connectivity index (χ1) is 14.2. The van der Waals surface area contributed by atoms with Crippen molar-refractivity contribution in [2.45, 2.75) is 25.5 Å². The Labute approximate surface area is 173 Å². The molecule has 2 aromatic carbocycles. The number of fused-ring (bicyclic) bond motifs is 2. The van der Waals surface area contributed by atoms with E-state index >= 15 is 0 Å². The molecule has 1 aromatic heterocycles. The Bertz CT molecular complexity index is 1030. The van der Waals surface area contributed by atoms with Crippen LogP contribution >= 0.6 is 11.3 Å². The fourth-order valence-electron chi connectivity index (χ4n) is 3.99. The van der Waals surface area contributed by atoms with Crippen LogP contribution in [0.1, 0.15) is 29.0 Å². The molecule has 148 valence electrons. The predicted octanol–water partition coefficient (Wildman–Crippen LogP) is 4.42. The third-order valence-electron chi connectivity index (χ3n) is 5.37. The van der Waals surface area contributed by atoms with E-state index in [1.807, 2.05) is 23.1 Å². The molecule has 29 heavy (non-hydrogen) atoms. The predicted molar refractivity (Wildman–Crippen MR) is 111 cm³/mol. The van der Waals surface area contributed by atoms with Gasteiger partial charge in [-0.1, -0.05) is 30.3 Å². The lowest BCUT2D eigenvalue weighted by atomic mass is 9.93. The van der Waals surface area contributed by atoms with Crippen LogP contribution in [0.2, 0.25) is 0 Å². The lowest BCUT2D eigenvalue weighted by molar-refractivity contribution is -0.140. The van der Waals surface area contributed by atoms with Gasteiger partial charge in [0.05, 0.1) is 6.04 Å². The van der Waals surface area contributed by atoms with Crippen molar-refractivity contribution in [2.24, 2.45) is 0 Å². The number of hydrogen-bond acceptors (Lipinski definition) is 5. The van der Waals surface area contributed by atoms with Crippen molar-refractivity contribution in [3.05, 3.63) is 76.0 Å². The van der Waals surface area contributed by atoms with E-state index in [1.165, 1.54) is 10.4 Å². The quantitative estimate of drug-likeness (QED) is 0.642. The first kappa shape index (κ1) is 18.1. The number of carbonyl (C=O) groups is 1. The highest BCUT2D eigenvalue weighted by Crippen LogP contribution is 2.39. The summed E-state index contributed by atoms with van der Waals surface area (Å²) >= 11 is 1.76. The second-order valence-electron chi connectivity index (χ2n) is 7.17. The molecule has 0 aliphatic carbocycles. The molecule has 1 amide bonds. The number of benzene rings is 2. The van der Waals surface area contributed by atoms with E-state index in [1.54, 1.807) is 36.5 Å². The first-order valence-electron chi connectivity index (χ1n) is 9.69. The lowest BCUT2D eigenvalue weighted by Crippen LogP contribution is -2.46. The second kappa shape index (κ2) is 7.44. The summed E-state index contributed by atoms with van der Waals surface area (Å²) in [5, 5.41) is 2.11. The number of thiophene rings is 1. The average Bonchev–Trinajstić information content (AvgIpc) is 3.41. The molecule has 5 nitrogen and oxygen atoms in total. The van der Waals surface area contributed by atoms with Gasteiger partial charge in [0.15, 0.2) is 17.6 Å². The van der Waals surface area contributed by atoms with Gasteiger partial charge in [-0.15, -0.1) is 11.3 Å². The van der Waals surface area contributed by atoms with Gasteiger partial charge in [-0.25, -0.2) is 0 Å². The van der Waals surface area contributed by atoms with E-state index in [0.29, 0.717) is 23.8 Å². The van der Waals surface area contributed by atoms with Crippen LogP contribution in [0.5, 0.6) is 17.2 Å². The van der Waals surface area contributed by atoms with Gasteiger partial charge in [-0.05, 0) is 48.1 Å². The van der Waals surface area contributed by atoms with E-state index in [-0.39, 0.29) is 18.7 Å². The maximum atomic E-state index is 13.4. The molecule has 0 N–H and O–H groups in total. The minimum absolute atomic E-state index is 0.0200. The summed E-state index contributed by atoms with van der Waals surface area (Å²) < 4.78 is 16.7. The van der Waals surface area contributed by atoms with E-state index in [9.17, 15) is 4.79 Å². The molecular formula is C23H21NO4S. The zero-order valence-corrected chi connectivity index (χ0v) is 16.9. The van der Waals surface area contributed by atoms with E-state index in [2.05, 4.69) is 23.6 Å². The van der Waals surface area contributed by atoms with E-state index in [4.69, 9.17) is 14.2 Å². The molecule has 0 saturated heterocycles. The van der Waals surface area contributed by atoms with Crippen molar-refractivity contribution >= 4 is 17.2 Å². The summed E-state index contributed by atoms with van der Waals surface area (Å²) in [6.45, 7) is 2.70. The van der Waals surface area contributed by atoms with Crippen molar-refractivity contribution in [1.82, 2.24) is 4.90 Å². The minimum atomic E-state index is -0.609. The Hall–Kier alpha value is -2.99. The molecule has 0 unspecified atom stereocenters. The van der Waals surface area contributed by atoms with Crippen molar-refractivity contribution in [3.8, 4) is 17.2 Å².